The molecule has 0 bridgehead atoms. The summed E-state index contributed by atoms with van der Waals surface area (Å²) < 4.78 is 5.04. The summed E-state index contributed by atoms with van der Waals surface area (Å²) in [6, 6.07) is 6.46. The highest BCUT2D eigenvalue weighted by atomic mass is 16.3. The Morgan fingerprint density at radius 1 is 1.14 bits per heavy atom. The Kier molecular flexibility index (Phi) is 2.87. The van der Waals surface area contributed by atoms with Gasteiger partial charge in [0.15, 0.2) is 0 Å². The van der Waals surface area contributed by atoms with E-state index in [1.165, 1.54) is 0 Å². The number of carbonyl (C=O) groups excluding carboxylic acids is 2. The molecule has 2 heterocycles. The highest BCUT2D eigenvalue weighted by Gasteiger charge is 2.17. The molecule has 0 saturated heterocycles. The van der Waals surface area contributed by atoms with Gasteiger partial charge in [-0.15, -0.1) is 0 Å². The molecule has 21 heavy (non-hydrogen) atoms. The summed E-state index contributed by atoms with van der Waals surface area (Å²) in [5.74, 6) is -0.463. The fourth-order valence-electron chi connectivity index (χ4n) is 2.28. The van der Waals surface area contributed by atoms with Crippen molar-refractivity contribution in [2.24, 2.45) is 11.5 Å². The minimum Gasteiger partial charge on any atom is -0.472 e. The summed E-state index contributed by atoms with van der Waals surface area (Å²) in [6.07, 6.45) is 3.19. The van der Waals surface area contributed by atoms with Gasteiger partial charge in [0.05, 0.1) is 18.1 Å². The zero-order valence-electron chi connectivity index (χ0n) is 10.8. The minimum atomic E-state index is -0.779. The number of aromatic amines is 1. The molecule has 106 valence electrons. The van der Waals surface area contributed by atoms with Gasteiger partial charge in [-0.3, -0.25) is 10.1 Å². The number of amides is 3. The predicted molar refractivity (Wildman–Crippen MR) is 77.7 cm³/mol. The van der Waals surface area contributed by atoms with Crippen molar-refractivity contribution in [2.75, 3.05) is 5.32 Å². The van der Waals surface area contributed by atoms with Gasteiger partial charge in [0.2, 0.25) is 0 Å². The number of aromatic nitrogens is 1. The second-order valence-electron chi connectivity index (χ2n) is 4.50. The maximum absolute atomic E-state index is 11.6. The molecular weight excluding hydrogens is 272 g/mol. The molecule has 0 radical (unpaired) electrons. The number of hydrogen-bond acceptors (Lipinski definition) is 3. The first-order valence-corrected chi connectivity index (χ1v) is 6.11. The lowest BCUT2D eigenvalue weighted by Gasteiger charge is -2.00. The molecule has 2 aromatic heterocycles. The van der Waals surface area contributed by atoms with Crippen LogP contribution in [0.3, 0.4) is 0 Å². The highest BCUT2D eigenvalue weighted by Crippen LogP contribution is 2.30. The van der Waals surface area contributed by atoms with E-state index >= 15 is 0 Å². The first kappa shape index (κ1) is 12.8. The summed E-state index contributed by atoms with van der Waals surface area (Å²) >= 11 is 0. The number of fused-ring (bicyclic) bond motifs is 1. The molecule has 0 saturated carbocycles. The van der Waals surface area contributed by atoms with Crippen LogP contribution in [0.25, 0.3) is 22.0 Å². The summed E-state index contributed by atoms with van der Waals surface area (Å²) in [5.41, 5.74) is 13.1. The first-order chi connectivity index (χ1) is 10.1. The van der Waals surface area contributed by atoms with Crippen molar-refractivity contribution in [1.82, 2.24) is 4.98 Å². The van der Waals surface area contributed by atoms with Crippen molar-refractivity contribution in [3.05, 3.63) is 42.4 Å². The molecule has 0 fully saturated rings. The third-order valence-corrected chi connectivity index (χ3v) is 3.15. The fourth-order valence-corrected chi connectivity index (χ4v) is 2.28. The summed E-state index contributed by atoms with van der Waals surface area (Å²) in [7, 11) is 0. The first-order valence-electron chi connectivity index (χ1n) is 6.11. The minimum absolute atomic E-state index is 0.189. The van der Waals surface area contributed by atoms with Gasteiger partial charge in [-0.05, 0) is 17.7 Å². The van der Waals surface area contributed by atoms with Gasteiger partial charge in [0, 0.05) is 16.5 Å². The predicted octanol–water partition coefficient (Wildman–Crippen LogP) is 2.02. The Bertz CT molecular complexity index is 833. The van der Waals surface area contributed by atoms with Gasteiger partial charge >= 0.3 is 6.03 Å². The fraction of sp³-hybridized carbons (Fsp3) is 0. The zero-order chi connectivity index (χ0) is 15.0. The van der Waals surface area contributed by atoms with E-state index in [1.54, 1.807) is 18.6 Å². The van der Waals surface area contributed by atoms with Gasteiger partial charge in [-0.1, -0.05) is 12.1 Å². The van der Waals surface area contributed by atoms with E-state index in [9.17, 15) is 9.59 Å². The molecule has 0 spiro atoms. The van der Waals surface area contributed by atoms with E-state index < -0.39 is 11.9 Å². The van der Waals surface area contributed by atoms with Crippen LogP contribution in [0.1, 0.15) is 10.4 Å². The summed E-state index contributed by atoms with van der Waals surface area (Å²) in [4.78, 5) is 25.5. The molecule has 6 N–H and O–H groups in total. The lowest BCUT2D eigenvalue weighted by molar-refractivity contribution is 0.100. The highest BCUT2D eigenvalue weighted by molar-refractivity contribution is 6.13. The normalized spacial score (nSPS) is 10.7. The van der Waals surface area contributed by atoms with E-state index in [0.717, 1.165) is 11.1 Å². The number of H-pyrrole nitrogens is 1. The number of urea groups is 1. The SMILES string of the molecule is NC(=O)Nc1[nH]c2cc(-c3ccoc3)ccc2c1C(N)=O. The van der Waals surface area contributed by atoms with Gasteiger partial charge in [0.25, 0.3) is 5.91 Å². The Morgan fingerprint density at radius 3 is 2.57 bits per heavy atom. The van der Waals surface area contributed by atoms with Gasteiger partial charge in [-0.2, -0.15) is 0 Å². The van der Waals surface area contributed by atoms with Crippen molar-refractivity contribution in [3.8, 4) is 11.1 Å². The van der Waals surface area contributed by atoms with Crippen molar-refractivity contribution >= 4 is 28.7 Å². The number of nitrogens with one attached hydrogen (secondary N) is 2. The number of benzene rings is 1. The van der Waals surface area contributed by atoms with Crippen LogP contribution >= 0.6 is 0 Å². The monoisotopic (exact) mass is 284 g/mol. The average molecular weight is 284 g/mol. The summed E-state index contributed by atoms with van der Waals surface area (Å²) in [5, 5.41) is 2.97. The molecule has 7 nitrogen and oxygen atoms in total. The van der Waals surface area contributed by atoms with Gasteiger partial charge in [-0.25, -0.2) is 4.79 Å². The van der Waals surface area contributed by atoms with Crippen molar-refractivity contribution in [2.45, 2.75) is 0 Å². The molecule has 3 amide bonds. The van der Waals surface area contributed by atoms with E-state index in [1.807, 2.05) is 18.2 Å². The molecule has 3 rings (SSSR count). The Morgan fingerprint density at radius 2 is 1.95 bits per heavy atom. The van der Waals surface area contributed by atoms with Crippen molar-refractivity contribution in [1.29, 1.82) is 0 Å². The zero-order valence-corrected chi connectivity index (χ0v) is 10.8. The van der Waals surface area contributed by atoms with Crippen LogP contribution in [0.5, 0.6) is 0 Å². The maximum Gasteiger partial charge on any atom is 0.317 e. The number of anilines is 1. The second-order valence-corrected chi connectivity index (χ2v) is 4.50. The van der Waals surface area contributed by atoms with E-state index in [-0.39, 0.29) is 11.4 Å². The topological polar surface area (TPSA) is 127 Å². The van der Waals surface area contributed by atoms with Crippen LogP contribution in [-0.4, -0.2) is 16.9 Å². The van der Waals surface area contributed by atoms with Gasteiger partial charge < -0.3 is 20.9 Å². The number of carbonyl (C=O) groups is 2. The third kappa shape index (κ3) is 2.20. The molecule has 0 atom stereocenters. The molecule has 1 aromatic carbocycles. The largest absolute Gasteiger partial charge is 0.472 e. The second kappa shape index (κ2) is 4.71. The molecule has 0 aliphatic rings. The van der Waals surface area contributed by atoms with Crippen LogP contribution in [0, 0.1) is 0 Å². The van der Waals surface area contributed by atoms with Crippen LogP contribution < -0.4 is 16.8 Å². The number of nitrogens with two attached hydrogens (primary N) is 2. The molecular formula is C14H12N4O3. The van der Waals surface area contributed by atoms with Crippen molar-refractivity contribution < 1.29 is 14.0 Å². The lowest BCUT2D eigenvalue weighted by atomic mass is 10.1. The Balaban J connectivity index is 2.18. The number of primary amides is 2. The molecule has 3 aromatic rings. The average Bonchev–Trinajstić information content (AvgIpc) is 3.03. The smallest absolute Gasteiger partial charge is 0.317 e. The van der Waals surface area contributed by atoms with Crippen LogP contribution in [-0.2, 0) is 0 Å². The number of rotatable bonds is 3. The standard InChI is InChI=1S/C14H12N4O3/c15-12(19)11-9-2-1-7(8-3-4-21-6-8)5-10(9)17-13(11)18-14(16)20/h1-6,17H,(H2,15,19)(H3,16,18,20). The maximum atomic E-state index is 11.6. The summed E-state index contributed by atoms with van der Waals surface area (Å²) in [6.45, 7) is 0. The van der Waals surface area contributed by atoms with Gasteiger partial charge in [0.1, 0.15) is 5.82 Å². The van der Waals surface area contributed by atoms with Crippen LogP contribution in [0.15, 0.2) is 41.2 Å². The van der Waals surface area contributed by atoms with E-state index in [0.29, 0.717) is 10.9 Å². The molecule has 0 unspecified atom stereocenters. The van der Waals surface area contributed by atoms with Crippen molar-refractivity contribution in [3.63, 3.8) is 0 Å². The van der Waals surface area contributed by atoms with Crippen LogP contribution in [0.2, 0.25) is 0 Å². The molecule has 7 heteroatoms. The van der Waals surface area contributed by atoms with Crippen LogP contribution in [0.4, 0.5) is 10.6 Å². The quantitative estimate of drug-likeness (QED) is 0.587. The third-order valence-electron chi connectivity index (χ3n) is 3.15. The van der Waals surface area contributed by atoms with E-state index in [4.69, 9.17) is 15.9 Å². The molecule has 0 aliphatic carbocycles. The number of furan rings is 1. The molecule has 0 aliphatic heterocycles. The lowest BCUT2D eigenvalue weighted by Crippen LogP contribution is -2.22. The number of hydrogen-bond donors (Lipinski definition) is 4. The Hall–Kier alpha value is -3.22. The van der Waals surface area contributed by atoms with E-state index in [2.05, 4.69) is 10.3 Å². The Labute approximate surface area is 118 Å².